The molecule has 0 atom stereocenters. The molecule has 0 fully saturated rings. The van der Waals surface area contributed by atoms with Gasteiger partial charge in [-0.3, -0.25) is 0 Å². The average Bonchev–Trinajstić information content (AvgIpc) is 2.95. The summed E-state index contributed by atoms with van der Waals surface area (Å²) < 4.78 is 30.6. The molecule has 20 heavy (non-hydrogen) atoms. The van der Waals surface area contributed by atoms with Gasteiger partial charge in [-0.25, -0.2) is 13.1 Å². The van der Waals surface area contributed by atoms with E-state index in [2.05, 4.69) is 29.1 Å². The highest BCUT2D eigenvalue weighted by atomic mass is 32.2. The molecule has 1 aromatic heterocycles. The Hall–Kier alpha value is -1.79. The van der Waals surface area contributed by atoms with Gasteiger partial charge in [0.15, 0.2) is 0 Å². The molecule has 2 rings (SSSR count). The van der Waals surface area contributed by atoms with Crippen molar-refractivity contribution in [3.63, 3.8) is 0 Å². The predicted octanol–water partition coefficient (Wildman–Crippen LogP) is 2.36. The van der Waals surface area contributed by atoms with Crippen LogP contribution in [0.4, 0.5) is 5.69 Å². The van der Waals surface area contributed by atoms with Crippen molar-refractivity contribution in [2.75, 3.05) is 12.4 Å². The number of anilines is 1. The number of sulfonamides is 1. The summed E-state index contributed by atoms with van der Waals surface area (Å²) in [6.07, 6.45) is 1.00. The third-order valence-electron chi connectivity index (χ3n) is 3.00. The Kier molecular flexibility index (Phi) is 4.46. The number of rotatable bonds is 6. The molecule has 108 valence electrons. The van der Waals surface area contributed by atoms with E-state index >= 15 is 0 Å². The maximum atomic E-state index is 11.5. The first-order valence-corrected chi connectivity index (χ1v) is 7.88. The van der Waals surface area contributed by atoms with Gasteiger partial charge in [-0.05, 0) is 43.3 Å². The molecule has 2 aromatic rings. The Labute approximate surface area is 119 Å². The van der Waals surface area contributed by atoms with Gasteiger partial charge in [0.25, 0.3) is 10.0 Å². The van der Waals surface area contributed by atoms with E-state index in [-0.39, 0.29) is 5.09 Å². The summed E-state index contributed by atoms with van der Waals surface area (Å²) in [7, 11) is -2.16. The number of hydrogen-bond donors (Lipinski definition) is 2. The smallest absolute Gasteiger partial charge is 0.273 e. The molecule has 0 saturated carbocycles. The monoisotopic (exact) mass is 294 g/mol. The van der Waals surface area contributed by atoms with Crippen molar-refractivity contribution in [3.05, 3.63) is 47.7 Å². The SMILES string of the molecule is CCc1ccc(NCc2ccc(S(=O)(=O)NC)o2)cc1. The maximum absolute atomic E-state index is 11.5. The highest BCUT2D eigenvalue weighted by molar-refractivity contribution is 7.89. The molecular formula is C14H18N2O3S. The van der Waals surface area contributed by atoms with Crippen LogP contribution in [0.2, 0.25) is 0 Å². The molecule has 1 heterocycles. The Morgan fingerprint density at radius 1 is 1.10 bits per heavy atom. The second-order valence-corrected chi connectivity index (χ2v) is 6.15. The minimum absolute atomic E-state index is 0.0712. The third kappa shape index (κ3) is 3.40. The van der Waals surface area contributed by atoms with Gasteiger partial charge >= 0.3 is 0 Å². The Morgan fingerprint density at radius 3 is 2.40 bits per heavy atom. The zero-order chi connectivity index (χ0) is 14.6. The lowest BCUT2D eigenvalue weighted by molar-refractivity contribution is 0.417. The van der Waals surface area contributed by atoms with Crippen LogP contribution in [0.3, 0.4) is 0 Å². The molecule has 0 amide bonds. The maximum Gasteiger partial charge on any atom is 0.273 e. The van der Waals surface area contributed by atoms with Crippen LogP contribution in [0.5, 0.6) is 0 Å². The molecule has 0 aliphatic heterocycles. The van der Waals surface area contributed by atoms with Gasteiger partial charge in [-0.15, -0.1) is 0 Å². The number of furan rings is 1. The molecule has 0 aliphatic rings. The minimum Gasteiger partial charge on any atom is -0.446 e. The normalized spacial score (nSPS) is 11.5. The van der Waals surface area contributed by atoms with Crippen LogP contribution >= 0.6 is 0 Å². The number of hydrogen-bond acceptors (Lipinski definition) is 4. The second-order valence-electron chi connectivity index (χ2n) is 4.33. The van der Waals surface area contributed by atoms with Gasteiger partial charge in [0.2, 0.25) is 5.09 Å². The predicted molar refractivity (Wildman–Crippen MR) is 78.1 cm³/mol. The molecule has 5 nitrogen and oxygen atoms in total. The first-order chi connectivity index (χ1) is 9.55. The van der Waals surface area contributed by atoms with E-state index in [0.717, 1.165) is 12.1 Å². The lowest BCUT2D eigenvalue weighted by Gasteiger charge is -2.05. The Morgan fingerprint density at radius 2 is 1.80 bits per heavy atom. The first-order valence-electron chi connectivity index (χ1n) is 6.40. The zero-order valence-corrected chi connectivity index (χ0v) is 12.3. The summed E-state index contributed by atoms with van der Waals surface area (Å²) in [5.41, 5.74) is 2.24. The van der Waals surface area contributed by atoms with E-state index in [0.29, 0.717) is 12.3 Å². The van der Waals surface area contributed by atoms with Gasteiger partial charge in [0, 0.05) is 5.69 Å². The Bertz CT molecular complexity index is 660. The fourth-order valence-electron chi connectivity index (χ4n) is 1.75. The van der Waals surface area contributed by atoms with Crippen LogP contribution in [-0.2, 0) is 23.0 Å². The molecule has 0 saturated heterocycles. The average molecular weight is 294 g/mol. The van der Waals surface area contributed by atoms with Crippen LogP contribution in [0, 0.1) is 0 Å². The molecule has 0 bridgehead atoms. The fourth-order valence-corrected chi connectivity index (χ4v) is 2.41. The van der Waals surface area contributed by atoms with Gasteiger partial charge in [-0.1, -0.05) is 19.1 Å². The largest absolute Gasteiger partial charge is 0.446 e. The standard InChI is InChI=1S/C14H18N2O3S/c1-3-11-4-6-12(7-5-11)16-10-13-8-9-14(19-13)20(17,18)15-2/h4-9,15-16H,3,10H2,1-2H3. The zero-order valence-electron chi connectivity index (χ0n) is 11.5. The summed E-state index contributed by atoms with van der Waals surface area (Å²) >= 11 is 0. The van der Waals surface area contributed by atoms with Crippen molar-refractivity contribution in [1.29, 1.82) is 0 Å². The number of benzene rings is 1. The van der Waals surface area contributed by atoms with Gasteiger partial charge in [0.05, 0.1) is 6.54 Å². The molecule has 6 heteroatoms. The van der Waals surface area contributed by atoms with E-state index in [1.165, 1.54) is 18.7 Å². The van der Waals surface area contributed by atoms with Gasteiger partial charge in [-0.2, -0.15) is 0 Å². The molecule has 1 aromatic carbocycles. The van der Waals surface area contributed by atoms with Crippen molar-refractivity contribution < 1.29 is 12.8 Å². The lowest BCUT2D eigenvalue weighted by atomic mass is 10.1. The molecule has 0 aliphatic carbocycles. The molecule has 0 radical (unpaired) electrons. The number of nitrogens with one attached hydrogen (secondary N) is 2. The highest BCUT2D eigenvalue weighted by Crippen LogP contribution is 2.16. The molecule has 0 unspecified atom stereocenters. The number of aryl methyl sites for hydroxylation is 1. The van der Waals surface area contributed by atoms with E-state index in [1.807, 2.05) is 12.1 Å². The summed E-state index contributed by atoms with van der Waals surface area (Å²) in [6, 6.07) is 11.2. The minimum atomic E-state index is -3.51. The summed E-state index contributed by atoms with van der Waals surface area (Å²) in [4.78, 5) is 0. The van der Waals surface area contributed by atoms with Crippen LogP contribution < -0.4 is 10.0 Å². The second kappa shape index (κ2) is 6.11. The van der Waals surface area contributed by atoms with E-state index in [4.69, 9.17) is 4.42 Å². The van der Waals surface area contributed by atoms with Crippen molar-refractivity contribution in [2.45, 2.75) is 25.0 Å². The molecule has 2 N–H and O–H groups in total. The third-order valence-corrected chi connectivity index (χ3v) is 4.29. The molecule has 0 spiro atoms. The topological polar surface area (TPSA) is 71.3 Å². The van der Waals surface area contributed by atoms with E-state index in [9.17, 15) is 8.42 Å². The lowest BCUT2D eigenvalue weighted by Crippen LogP contribution is -2.17. The van der Waals surface area contributed by atoms with Crippen molar-refractivity contribution in [3.8, 4) is 0 Å². The van der Waals surface area contributed by atoms with Crippen molar-refractivity contribution in [2.24, 2.45) is 0 Å². The van der Waals surface area contributed by atoms with Crippen molar-refractivity contribution >= 4 is 15.7 Å². The highest BCUT2D eigenvalue weighted by Gasteiger charge is 2.15. The van der Waals surface area contributed by atoms with E-state index in [1.54, 1.807) is 6.07 Å². The van der Waals surface area contributed by atoms with E-state index < -0.39 is 10.0 Å². The van der Waals surface area contributed by atoms with Gasteiger partial charge < -0.3 is 9.73 Å². The van der Waals surface area contributed by atoms with Crippen LogP contribution in [0.1, 0.15) is 18.2 Å². The van der Waals surface area contributed by atoms with Crippen LogP contribution in [-0.4, -0.2) is 15.5 Å². The fraction of sp³-hybridized carbons (Fsp3) is 0.286. The quantitative estimate of drug-likeness (QED) is 0.858. The first kappa shape index (κ1) is 14.6. The van der Waals surface area contributed by atoms with Crippen LogP contribution in [0.25, 0.3) is 0 Å². The summed E-state index contributed by atoms with van der Waals surface area (Å²) in [5.74, 6) is 0.568. The van der Waals surface area contributed by atoms with Gasteiger partial charge in [0.1, 0.15) is 5.76 Å². The summed E-state index contributed by atoms with van der Waals surface area (Å²) in [6.45, 7) is 2.54. The van der Waals surface area contributed by atoms with Crippen LogP contribution in [0.15, 0.2) is 45.9 Å². The molecular weight excluding hydrogens is 276 g/mol. The Balaban J connectivity index is 2.00. The van der Waals surface area contributed by atoms with Crippen molar-refractivity contribution in [1.82, 2.24) is 4.72 Å². The summed E-state index contributed by atoms with van der Waals surface area (Å²) in [5, 5.41) is 3.11.